The smallest absolute Gasteiger partial charge is 0.255 e. The number of hydrogen-bond acceptors (Lipinski definition) is 5. The zero-order valence-electron chi connectivity index (χ0n) is 16.8. The lowest BCUT2D eigenvalue weighted by Crippen LogP contribution is -2.38. The summed E-state index contributed by atoms with van der Waals surface area (Å²) in [6, 6.07) is 11.7. The van der Waals surface area contributed by atoms with Gasteiger partial charge in [0.2, 0.25) is 0 Å². The number of rotatable bonds is 6. The second kappa shape index (κ2) is 9.74. The topological polar surface area (TPSA) is 63.7 Å². The number of aromatic nitrogens is 1. The quantitative estimate of drug-likeness (QED) is 0.810. The molecule has 1 saturated carbocycles. The Morgan fingerprint density at radius 1 is 1.14 bits per heavy atom. The van der Waals surface area contributed by atoms with E-state index in [1.54, 1.807) is 12.3 Å². The first kappa shape index (κ1) is 19.7. The van der Waals surface area contributed by atoms with E-state index >= 15 is 0 Å². The van der Waals surface area contributed by atoms with Gasteiger partial charge in [0.1, 0.15) is 11.6 Å². The molecule has 2 aliphatic rings. The Morgan fingerprint density at radius 2 is 1.97 bits per heavy atom. The van der Waals surface area contributed by atoms with Crippen molar-refractivity contribution in [2.45, 2.75) is 44.8 Å². The highest BCUT2D eigenvalue weighted by molar-refractivity contribution is 5.98. The van der Waals surface area contributed by atoms with E-state index in [4.69, 9.17) is 9.47 Å². The molecule has 0 spiro atoms. The van der Waals surface area contributed by atoms with Gasteiger partial charge in [0.05, 0.1) is 24.9 Å². The van der Waals surface area contributed by atoms with Crippen molar-refractivity contribution in [3.8, 4) is 5.75 Å². The second-order valence-corrected chi connectivity index (χ2v) is 7.68. The number of anilines is 1. The van der Waals surface area contributed by atoms with E-state index in [9.17, 15) is 4.79 Å². The van der Waals surface area contributed by atoms with Crippen LogP contribution in [0.4, 0.5) is 5.82 Å². The number of hydrogen-bond donors (Lipinski definition) is 1. The highest BCUT2D eigenvalue weighted by atomic mass is 16.5. The molecule has 1 saturated heterocycles. The van der Waals surface area contributed by atoms with Crippen LogP contribution in [-0.2, 0) is 11.3 Å². The van der Waals surface area contributed by atoms with Gasteiger partial charge in [0.15, 0.2) is 0 Å². The van der Waals surface area contributed by atoms with Crippen molar-refractivity contribution in [1.82, 2.24) is 10.3 Å². The summed E-state index contributed by atoms with van der Waals surface area (Å²) in [7, 11) is 0. The van der Waals surface area contributed by atoms with Crippen LogP contribution in [0, 0.1) is 0 Å². The SMILES string of the molecule is O=C(NCc1cccc(OC2CCCCC2)c1)c1cccnc1N1CCOCC1. The standard InChI is InChI=1S/C23H29N3O3/c27-23(21-10-5-11-24-22(21)26-12-14-28-15-13-26)25-17-18-6-4-9-20(16-18)29-19-7-2-1-3-8-19/h4-6,9-11,16,19H,1-3,7-8,12-15,17H2,(H,25,27). The highest BCUT2D eigenvalue weighted by Gasteiger charge is 2.20. The molecule has 154 valence electrons. The van der Waals surface area contributed by atoms with Gasteiger partial charge in [-0.25, -0.2) is 4.98 Å². The van der Waals surface area contributed by atoms with Gasteiger partial charge in [0.25, 0.3) is 5.91 Å². The Labute approximate surface area is 172 Å². The molecule has 6 nitrogen and oxygen atoms in total. The van der Waals surface area contributed by atoms with E-state index in [-0.39, 0.29) is 5.91 Å². The third-order valence-corrected chi connectivity index (χ3v) is 5.55. The molecular formula is C23H29N3O3. The largest absolute Gasteiger partial charge is 0.490 e. The van der Waals surface area contributed by atoms with Crippen LogP contribution in [0.3, 0.4) is 0 Å². The Balaban J connectivity index is 1.38. The Morgan fingerprint density at radius 3 is 2.79 bits per heavy atom. The molecule has 4 rings (SSSR count). The van der Waals surface area contributed by atoms with Crippen molar-refractivity contribution in [3.63, 3.8) is 0 Å². The Bertz CT molecular complexity index is 815. The third-order valence-electron chi connectivity index (χ3n) is 5.55. The van der Waals surface area contributed by atoms with Crippen molar-refractivity contribution in [1.29, 1.82) is 0 Å². The van der Waals surface area contributed by atoms with Crippen LogP contribution in [0.5, 0.6) is 5.75 Å². The fraction of sp³-hybridized carbons (Fsp3) is 0.478. The van der Waals surface area contributed by atoms with Gasteiger partial charge in [-0.1, -0.05) is 18.6 Å². The summed E-state index contributed by atoms with van der Waals surface area (Å²) >= 11 is 0. The van der Waals surface area contributed by atoms with Gasteiger partial charge in [-0.15, -0.1) is 0 Å². The molecule has 2 fully saturated rings. The summed E-state index contributed by atoms with van der Waals surface area (Å²) in [4.78, 5) is 19.4. The average Bonchev–Trinajstić information content (AvgIpc) is 2.79. The summed E-state index contributed by atoms with van der Waals surface area (Å²) < 4.78 is 11.6. The van der Waals surface area contributed by atoms with Crippen LogP contribution < -0.4 is 15.0 Å². The molecule has 1 aromatic heterocycles. The summed E-state index contributed by atoms with van der Waals surface area (Å²) in [6.45, 7) is 3.27. The van der Waals surface area contributed by atoms with Crippen LogP contribution in [-0.4, -0.2) is 43.3 Å². The number of nitrogens with one attached hydrogen (secondary N) is 1. The van der Waals surface area contributed by atoms with Gasteiger partial charge in [-0.05, 0) is 55.5 Å². The third kappa shape index (κ3) is 5.26. The number of carbonyl (C=O) groups is 1. The molecule has 29 heavy (non-hydrogen) atoms. The second-order valence-electron chi connectivity index (χ2n) is 7.68. The molecule has 1 aliphatic heterocycles. The van der Waals surface area contributed by atoms with Gasteiger partial charge in [0, 0.05) is 25.8 Å². The van der Waals surface area contributed by atoms with Crippen LogP contribution in [0.25, 0.3) is 0 Å². The van der Waals surface area contributed by atoms with Crippen LogP contribution >= 0.6 is 0 Å². The zero-order chi connectivity index (χ0) is 19.9. The first-order valence-electron chi connectivity index (χ1n) is 10.6. The van der Waals surface area contributed by atoms with Gasteiger partial charge in [-0.2, -0.15) is 0 Å². The molecule has 0 unspecified atom stereocenters. The molecule has 2 aromatic rings. The summed E-state index contributed by atoms with van der Waals surface area (Å²) in [6.07, 6.45) is 8.12. The molecule has 1 aliphatic carbocycles. The van der Waals surface area contributed by atoms with E-state index in [1.807, 2.05) is 30.3 Å². The average molecular weight is 396 g/mol. The maximum absolute atomic E-state index is 12.8. The minimum atomic E-state index is -0.113. The fourth-order valence-electron chi connectivity index (χ4n) is 3.98. The number of morpholine rings is 1. The van der Waals surface area contributed by atoms with Crippen LogP contribution in [0.2, 0.25) is 0 Å². The van der Waals surface area contributed by atoms with Crippen molar-refractivity contribution >= 4 is 11.7 Å². The van der Waals surface area contributed by atoms with E-state index < -0.39 is 0 Å². The Hall–Kier alpha value is -2.60. The Kier molecular flexibility index (Phi) is 6.62. The number of carbonyl (C=O) groups excluding carboxylic acids is 1. The van der Waals surface area contributed by atoms with E-state index in [0.29, 0.717) is 31.4 Å². The van der Waals surface area contributed by atoms with E-state index in [2.05, 4.69) is 15.2 Å². The lowest BCUT2D eigenvalue weighted by Gasteiger charge is -2.29. The minimum Gasteiger partial charge on any atom is -0.490 e. The molecule has 0 atom stereocenters. The first-order chi connectivity index (χ1) is 14.3. The maximum atomic E-state index is 12.8. The number of nitrogens with zero attached hydrogens (tertiary/aromatic N) is 2. The molecule has 1 amide bonds. The zero-order valence-corrected chi connectivity index (χ0v) is 16.8. The molecule has 2 heterocycles. The minimum absolute atomic E-state index is 0.113. The normalized spacial score (nSPS) is 17.7. The number of benzene rings is 1. The fourth-order valence-corrected chi connectivity index (χ4v) is 3.98. The van der Waals surface area contributed by atoms with Crippen LogP contribution in [0.1, 0.15) is 48.0 Å². The summed E-state index contributed by atoms with van der Waals surface area (Å²) in [5.74, 6) is 1.50. The maximum Gasteiger partial charge on any atom is 0.255 e. The van der Waals surface area contributed by atoms with Crippen molar-refractivity contribution in [2.75, 3.05) is 31.2 Å². The van der Waals surface area contributed by atoms with E-state index in [1.165, 1.54) is 19.3 Å². The lowest BCUT2D eigenvalue weighted by atomic mass is 9.98. The first-order valence-corrected chi connectivity index (χ1v) is 10.6. The number of ether oxygens (including phenoxy) is 2. The molecule has 0 radical (unpaired) electrons. The molecular weight excluding hydrogens is 366 g/mol. The summed E-state index contributed by atoms with van der Waals surface area (Å²) in [5, 5.41) is 3.03. The predicted molar refractivity (Wildman–Crippen MR) is 112 cm³/mol. The van der Waals surface area contributed by atoms with Gasteiger partial charge < -0.3 is 19.7 Å². The number of pyridine rings is 1. The van der Waals surface area contributed by atoms with Gasteiger partial charge >= 0.3 is 0 Å². The van der Waals surface area contributed by atoms with E-state index in [0.717, 1.165) is 43.1 Å². The monoisotopic (exact) mass is 395 g/mol. The molecule has 1 aromatic carbocycles. The van der Waals surface area contributed by atoms with Crippen molar-refractivity contribution in [3.05, 3.63) is 53.7 Å². The van der Waals surface area contributed by atoms with Crippen molar-refractivity contribution in [2.24, 2.45) is 0 Å². The summed E-state index contributed by atoms with van der Waals surface area (Å²) in [5.41, 5.74) is 1.63. The van der Waals surface area contributed by atoms with Gasteiger partial charge in [-0.3, -0.25) is 4.79 Å². The highest BCUT2D eigenvalue weighted by Crippen LogP contribution is 2.24. The van der Waals surface area contributed by atoms with Crippen molar-refractivity contribution < 1.29 is 14.3 Å². The predicted octanol–water partition coefficient (Wildman–Crippen LogP) is 3.56. The molecule has 1 N–H and O–H groups in total. The lowest BCUT2D eigenvalue weighted by molar-refractivity contribution is 0.0948. The van der Waals surface area contributed by atoms with Crippen LogP contribution in [0.15, 0.2) is 42.6 Å². The molecule has 0 bridgehead atoms. The number of amides is 1. The molecule has 6 heteroatoms.